The van der Waals surface area contributed by atoms with Crippen LogP contribution in [0.15, 0.2) is 135 Å². The second kappa shape index (κ2) is 22.6. The minimum Gasteiger partial charge on any atom is -0.467 e. The van der Waals surface area contributed by atoms with E-state index in [-0.39, 0.29) is 53.8 Å². The number of anilines is 3. The SMILES string of the molecule is C=CC(=O)OCc1ccc(OCOCOCOCOCOc2ccc(N(c3ccc(COC(=O)C=C)cc3)c3ccc(COC(=O)C=C)cc3)cc2)cc1. The van der Waals surface area contributed by atoms with Crippen LogP contribution >= 0.6 is 0 Å². The van der Waals surface area contributed by atoms with Crippen LogP contribution in [0.25, 0.3) is 0 Å². The van der Waals surface area contributed by atoms with E-state index in [4.69, 9.17) is 42.6 Å². The molecule has 0 amide bonds. The Morgan fingerprint density at radius 3 is 1.04 bits per heavy atom. The van der Waals surface area contributed by atoms with Crippen molar-refractivity contribution in [2.24, 2.45) is 0 Å². The van der Waals surface area contributed by atoms with E-state index >= 15 is 0 Å². The molecule has 0 bridgehead atoms. The van der Waals surface area contributed by atoms with E-state index in [1.807, 2.05) is 77.7 Å². The minimum atomic E-state index is -0.494. The van der Waals surface area contributed by atoms with Gasteiger partial charge in [0, 0.05) is 35.3 Å². The molecule has 0 aliphatic carbocycles. The highest BCUT2D eigenvalue weighted by Crippen LogP contribution is 2.35. The molecule has 13 nitrogen and oxygen atoms in total. The molecule has 0 aromatic heterocycles. The molecule has 0 heterocycles. The third-order valence-corrected chi connectivity index (χ3v) is 7.17. The Morgan fingerprint density at radius 2 is 0.704 bits per heavy atom. The summed E-state index contributed by atoms with van der Waals surface area (Å²) in [5.74, 6) is -0.315. The van der Waals surface area contributed by atoms with Gasteiger partial charge in [-0.2, -0.15) is 0 Å². The quantitative estimate of drug-likeness (QED) is 0.0237. The van der Waals surface area contributed by atoms with Gasteiger partial charge in [0.1, 0.15) is 31.3 Å². The summed E-state index contributed by atoms with van der Waals surface area (Å²) < 4.78 is 47.6. The van der Waals surface area contributed by atoms with Gasteiger partial charge in [-0.15, -0.1) is 0 Å². The fourth-order valence-electron chi connectivity index (χ4n) is 4.48. The van der Waals surface area contributed by atoms with Gasteiger partial charge in [0.2, 0.25) is 0 Å². The fraction of sp³-hybridized carbons (Fsp3) is 0.195. The maximum Gasteiger partial charge on any atom is 0.330 e. The molecule has 0 radical (unpaired) electrons. The first-order chi connectivity index (χ1) is 26.4. The third-order valence-electron chi connectivity index (χ3n) is 7.17. The number of esters is 3. The van der Waals surface area contributed by atoms with Crippen molar-refractivity contribution in [3.8, 4) is 11.5 Å². The molecule has 54 heavy (non-hydrogen) atoms. The summed E-state index contributed by atoms with van der Waals surface area (Å²) in [6.45, 7) is 10.3. The van der Waals surface area contributed by atoms with Crippen molar-refractivity contribution in [3.05, 3.63) is 152 Å². The highest BCUT2D eigenvalue weighted by Gasteiger charge is 2.14. The number of hydrogen-bond donors (Lipinski definition) is 0. The predicted molar refractivity (Wildman–Crippen MR) is 197 cm³/mol. The summed E-state index contributed by atoms with van der Waals surface area (Å²) in [6, 6.07) is 29.7. The van der Waals surface area contributed by atoms with Gasteiger partial charge in [0.25, 0.3) is 0 Å². The molecule has 0 saturated carbocycles. The van der Waals surface area contributed by atoms with Gasteiger partial charge in [-0.25, -0.2) is 14.4 Å². The van der Waals surface area contributed by atoms with Gasteiger partial charge in [-0.1, -0.05) is 56.1 Å². The topological polar surface area (TPSA) is 138 Å². The van der Waals surface area contributed by atoms with Gasteiger partial charge >= 0.3 is 17.9 Å². The first-order valence-corrected chi connectivity index (χ1v) is 16.5. The molecule has 0 aliphatic heterocycles. The Bertz CT molecular complexity index is 1720. The highest BCUT2D eigenvalue weighted by molar-refractivity contribution is 5.82. The molecule has 4 aromatic carbocycles. The van der Waals surface area contributed by atoms with E-state index in [9.17, 15) is 14.4 Å². The Hall–Kier alpha value is -6.25. The zero-order valence-electron chi connectivity index (χ0n) is 29.6. The van der Waals surface area contributed by atoms with Crippen LogP contribution in [0.3, 0.4) is 0 Å². The lowest BCUT2D eigenvalue weighted by molar-refractivity contribution is -0.191. The number of hydrogen-bond acceptors (Lipinski definition) is 13. The molecule has 0 aliphatic rings. The second-order valence-corrected chi connectivity index (χ2v) is 10.9. The molecule has 13 heteroatoms. The lowest BCUT2D eigenvalue weighted by atomic mass is 10.1. The van der Waals surface area contributed by atoms with E-state index in [1.54, 1.807) is 24.3 Å². The molecule has 0 unspecified atom stereocenters. The van der Waals surface area contributed by atoms with Crippen molar-refractivity contribution in [1.82, 2.24) is 0 Å². The molecule has 0 atom stereocenters. The number of rotatable bonds is 24. The first-order valence-electron chi connectivity index (χ1n) is 16.5. The van der Waals surface area contributed by atoms with E-state index in [0.717, 1.165) is 52.0 Å². The Labute approximate surface area is 313 Å². The smallest absolute Gasteiger partial charge is 0.330 e. The number of benzene rings is 4. The largest absolute Gasteiger partial charge is 0.467 e. The highest BCUT2D eigenvalue weighted by atomic mass is 16.8. The molecule has 282 valence electrons. The summed E-state index contributed by atoms with van der Waals surface area (Å²) in [4.78, 5) is 36.2. The maximum atomic E-state index is 11.5. The van der Waals surface area contributed by atoms with Crippen LogP contribution in [0.5, 0.6) is 11.5 Å². The number of nitrogens with zero attached hydrogens (tertiary/aromatic N) is 1. The molecular formula is C41H41NO12. The predicted octanol–water partition coefficient (Wildman–Crippen LogP) is 7.16. The van der Waals surface area contributed by atoms with Gasteiger partial charge < -0.3 is 47.5 Å². The van der Waals surface area contributed by atoms with Crippen molar-refractivity contribution < 1.29 is 57.0 Å². The van der Waals surface area contributed by atoms with E-state index in [2.05, 4.69) is 19.7 Å². The van der Waals surface area contributed by atoms with Crippen molar-refractivity contribution in [2.75, 3.05) is 38.9 Å². The van der Waals surface area contributed by atoms with Crippen molar-refractivity contribution in [1.29, 1.82) is 0 Å². The average Bonchev–Trinajstić information content (AvgIpc) is 3.22. The first kappa shape index (κ1) is 40.5. The number of carbonyl (C=O) groups excluding carboxylic acids is 3. The Kier molecular flexibility index (Phi) is 17.0. The molecule has 0 spiro atoms. The molecule has 0 saturated heterocycles. The summed E-state index contributed by atoms with van der Waals surface area (Å²) in [5, 5.41) is 0. The van der Waals surface area contributed by atoms with Crippen molar-refractivity contribution in [2.45, 2.75) is 19.8 Å². The minimum absolute atomic E-state index is 0.0334. The fourth-order valence-corrected chi connectivity index (χ4v) is 4.48. The second-order valence-electron chi connectivity index (χ2n) is 10.9. The van der Waals surface area contributed by atoms with Crippen LogP contribution in [-0.2, 0) is 67.4 Å². The van der Waals surface area contributed by atoms with E-state index < -0.39 is 17.9 Å². The van der Waals surface area contributed by atoms with Crippen LogP contribution < -0.4 is 14.4 Å². The lowest BCUT2D eigenvalue weighted by Crippen LogP contribution is -2.12. The maximum absolute atomic E-state index is 11.5. The Morgan fingerprint density at radius 1 is 0.426 bits per heavy atom. The van der Waals surface area contributed by atoms with Crippen LogP contribution in [0.4, 0.5) is 17.1 Å². The summed E-state index contributed by atoms with van der Waals surface area (Å²) in [5.41, 5.74) is 4.99. The summed E-state index contributed by atoms with van der Waals surface area (Å²) in [7, 11) is 0. The molecule has 0 fully saturated rings. The van der Waals surface area contributed by atoms with Crippen LogP contribution in [-0.4, -0.2) is 51.9 Å². The standard InChI is InChI=1S/C41H41NO12/c1-4-39(43)50-23-31-7-13-34(14-8-31)42(35-15-9-32(10-16-35)24-51-40(44)5-2)36-17-21-38(22-18-36)54-30-49-28-47-26-46-27-48-29-53-37-19-11-33(12-20-37)25-52-41(45)6-3/h4-22H,1-3,23-30H2. The van der Waals surface area contributed by atoms with Crippen molar-refractivity contribution in [3.63, 3.8) is 0 Å². The molecule has 0 N–H and O–H groups in total. The zero-order chi connectivity index (χ0) is 38.4. The van der Waals surface area contributed by atoms with Gasteiger partial charge in [0.05, 0.1) is 0 Å². The van der Waals surface area contributed by atoms with Gasteiger partial charge in [-0.3, -0.25) is 0 Å². The summed E-state index contributed by atoms with van der Waals surface area (Å²) in [6.07, 6.45) is 3.36. The van der Waals surface area contributed by atoms with Gasteiger partial charge in [0.15, 0.2) is 34.0 Å². The van der Waals surface area contributed by atoms with Crippen molar-refractivity contribution >= 4 is 35.0 Å². The monoisotopic (exact) mass is 739 g/mol. The van der Waals surface area contributed by atoms with Gasteiger partial charge in [-0.05, 0) is 77.4 Å². The third kappa shape index (κ3) is 14.1. The van der Waals surface area contributed by atoms with E-state index in [0.29, 0.717) is 11.5 Å². The van der Waals surface area contributed by atoms with E-state index in [1.165, 1.54) is 0 Å². The van der Waals surface area contributed by atoms with Crippen LogP contribution in [0.2, 0.25) is 0 Å². The molecular weight excluding hydrogens is 698 g/mol. The van der Waals surface area contributed by atoms with Crippen LogP contribution in [0, 0.1) is 0 Å². The Balaban J connectivity index is 1.19. The molecule has 4 rings (SSSR count). The van der Waals surface area contributed by atoms with Crippen LogP contribution in [0.1, 0.15) is 16.7 Å². The zero-order valence-corrected chi connectivity index (χ0v) is 29.6. The lowest BCUT2D eigenvalue weighted by Gasteiger charge is -2.26. The number of ether oxygens (including phenoxy) is 9. The summed E-state index contributed by atoms with van der Waals surface area (Å²) >= 11 is 0. The molecule has 4 aromatic rings. The number of carbonyl (C=O) groups is 3. The average molecular weight is 740 g/mol. The normalized spacial score (nSPS) is 10.4.